The van der Waals surface area contributed by atoms with E-state index in [9.17, 15) is 5.11 Å². The predicted molar refractivity (Wildman–Crippen MR) is 58.2 cm³/mol. The van der Waals surface area contributed by atoms with Crippen LogP contribution in [0.1, 0.15) is 51.4 Å². The number of aliphatic hydroxyl groups is 1. The molecule has 0 spiro atoms. The molecule has 2 rings (SSSR count). The van der Waals surface area contributed by atoms with Crippen LogP contribution < -0.4 is 5.32 Å². The fourth-order valence-electron chi connectivity index (χ4n) is 2.90. The summed E-state index contributed by atoms with van der Waals surface area (Å²) in [5.74, 6) is 0.925. The van der Waals surface area contributed by atoms with Crippen molar-refractivity contribution >= 4 is 0 Å². The number of hydrogen-bond acceptors (Lipinski definition) is 2. The third-order valence-electron chi connectivity index (χ3n) is 3.82. The summed E-state index contributed by atoms with van der Waals surface area (Å²) in [6.45, 7) is 1.19. The van der Waals surface area contributed by atoms with Crippen LogP contribution in [-0.2, 0) is 0 Å². The molecule has 0 amide bonds. The number of rotatable bonds is 3. The zero-order valence-corrected chi connectivity index (χ0v) is 9.04. The highest BCUT2D eigenvalue weighted by molar-refractivity contribution is 4.79. The first-order valence-corrected chi connectivity index (χ1v) is 6.26. The number of nitrogens with one attached hydrogen (secondary N) is 1. The molecule has 14 heavy (non-hydrogen) atoms. The average molecular weight is 197 g/mol. The predicted octanol–water partition coefficient (Wildman–Crippen LogP) is 2.07. The first-order valence-electron chi connectivity index (χ1n) is 6.26. The summed E-state index contributed by atoms with van der Waals surface area (Å²) in [5.41, 5.74) is 0. The molecule has 2 fully saturated rings. The molecule has 0 bridgehead atoms. The van der Waals surface area contributed by atoms with Crippen molar-refractivity contribution in [1.82, 2.24) is 5.32 Å². The standard InChI is InChI=1S/C12H23NO/c14-12-7-3-6-11(8-12)13-9-10-4-1-2-5-10/h10-14H,1-9H2/t11-,12+/m0/s1. The van der Waals surface area contributed by atoms with Gasteiger partial charge in [-0.05, 0) is 51.0 Å². The van der Waals surface area contributed by atoms with Gasteiger partial charge in [0, 0.05) is 6.04 Å². The fourth-order valence-corrected chi connectivity index (χ4v) is 2.90. The molecule has 2 aliphatic carbocycles. The van der Waals surface area contributed by atoms with Gasteiger partial charge in [0.05, 0.1) is 6.10 Å². The van der Waals surface area contributed by atoms with Crippen LogP contribution in [0, 0.1) is 5.92 Å². The fraction of sp³-hybridized carbons (Fsp3) is 1.00. The molecule has 0 saturated heterocycles. The van der Waals surface area contributed by atoms with E-state index in [4.69, 9.17) is 0 Å². The monoisotopic (exact) mass is 197 g/mol. The van der Waals surface area contributed by atoms with E-state index in [-0.39, 0.29) is 6.10 Å². The highest BCUT2D eigenvalue weighted by Crippen LogP contribution is 2.25. The van der Waals surface area contributed by atoms with Crippen LogP contribution in [0.5, 0.6) is 0 Å². The van der Waals surface area contributed by atoms with Crippen LogP contribution in [-0.4, -0.2) is 23.8 Å². The lowest BCUT2D eigenvalue weighted by Gasteiger charge is -2.27. The van der Waals surface area contributed by atoms with Crippen molar-refractivity contribution in [2.75, 3.05) is 6.54 Å². The van der Waals surface area contributed by atoms with E-state index in [1.54, 1.807) is 0 Å². The second-order valence-corrected chi connectivity index (χ2v) is 5.08. The summed E-state index contributed by atoms with van der Waals surface area (Å²) in [7, 11) is 0. The zero-order chi connectivity index (χ0) is 9.80. The van der Waals surface area contributed by atoms with Crippen molar-refractivity contribution in [2.45, 2.75) is 63.5 Å². The molecular weight excluding hydrogens is 174 g/mol. The quantitative estimate of drug-likeness (QED) is 0.726. The van der Waals surface area contributed by atoms with Crippen molar-refractivity contribution in [1.29, 1.82) is 0 Å². The molecule has 0 heterocycles. The van der Waals surface area contributed by atoms with Gasteiger partial charge in [-0.3, -0.25) is 0 Å². The summed E-state index contributed by atoms with van der Waals surface area (Å²) in [6.07, 6.45) is 10.1. The first-order chi connectivity index (χ1) is 6.84. The summed E-state index contributed by atoms with van der Waals surface area (Å²) in [5, 5.41) is 13.2. The maximum atomic E-state index is 9.53. The normalized spacial score (nSPS) is 34.9. The smallest absolute Gasteiger partial charge is 0.0555 e. The molecular formula is C12H23NO. The maximum absolute atomic E-state index is 9.53. The van der Waals surface area contributed by atoms with E-state index < -0.39 is 0 Å². The topological polar surface area (TPSA) is 32.3 Å². The number of aliphatic hydroxyl groups excluding tert-OH is 1. The molecule has 2 atom stereocenters. The average Bonchev–Trinajstić information content (AvgIpc) is 2.67. The van der Waals surface area contributed by atoms with E-state index in [2.05, 4.69) is 5.32 Å². The SMILES string of the molecule is O[C@@H]1CCC[C@H](NCC2CCCC2)C1. The molecule has 2 nitrogen and oxygen atoms in total. The van der Waals surface area contributed by atoms with Gasteiger partial charge in [-0.25, -0.2) is 0 Å². The van der Waals surface area contributed by atoms with Crippen molar-refractivity contribution in [3.8, 4) is 0 Å². The Balaban J connectivity index is 1.64. The Kier molecular flexibility index (Phi) is 3.82. The molecule has 2 aliphatic rings. The Morgan fingerprint density at radius 2 is 1.79 bits per heavy atom. The van der Waals surface area contributed by atoms with E-state index in [0.29, 0.717) is 6.04 Å². The van der Waals surface area contributed by atoms with Crippen LogP contribution in [0.2, 0.25) is 0 Å². The number of hydrogen-bond donors (Lipinski definition) is 2. The minimum absolute atomic E-state index is 0.0372. The molecule has 0 aromatic heterocycles. The Morgan fingerprint density at radius 3 is 2.50 bits per heavy atom. The van der Waals surface area contributed by atoms with Crippen LogP contribution >= 0.6 is 0 Å². The molecule has 0 aromatic rings. The van der Waals surface area contributed by atoms with E-state index in [0.717, 1.165) is 18.8 Å². The zero-order valence-electron chi connectivity index (χ0n) is 9.04. The Bertz CT molecular complexity index is 166. The Hall–Kier alpha value is -0.0800. The highest BCUT2D eigenvalue weighted by atomic mass is 16.3. The minimum atomic E-state index is -0.0372. The van der Waals surface area contributed by atoms with E-state index >= 15 is 0 Å². The van der Waals surface area contributed by atoms with Gasteiger partial charge in [-0.2, -0.15) is 0 Å². The molecule has 2 heteroatoms. The minimum Gasteiger partial charge on any atom is -0.393 e. The van der Waals surface area contributed by atoms with Crippen molar-refractivity contribution in [3.05, 3.63) is 0 Å². The Labute approximate surface area is 87.1 Å². The molecule has 2 saturated carbocycles. The van der Waals surface area contributed by atoms with Gasteiger partial charge >= 0.3 is 0 Å². The second kappa shape index (κ2) is 5.13. The molecule has 0 unspecified atom stereocenters. The summed E-state index contributed by atoms with van der Waals surface area (Å²) < 4.78 is 0. The third-order valence-corrected chi connectivity index (χ3v) is 3.82. The maximum Gasteiger partial charge on any atom is 0.0555 e. The third kappa shape index (κ3) is 2.96. The summed E-state index contributed by atoms with van der Waals surface area (Å²) in [6, 6.07) is 0.597. The van der Waals surface area contributed by atoms with Gasteiger partial charge in [0.25, 0.3) is 0 Å². The van der Waals surface area contributed by atoms with E-state index in [1.807, 2.05) is 0 Å². The lowest BCUT2D eigenvalue weighted by molar-refractivity contribution is 0.111. The molecule has 0 aliphatic heterocycles. The van der Waals surface area contributed by atoms with Crippen molar-refractivity contribution in [3.63, 3.8) is 0 Å². The van der Waals surface area contributed by atoms with Gasteiger partial charge in [0.1, 0.15) is 0 Å². The van der Waals surface area contributed by atoms with Gasteiger partial charge in [-0.1, -0.05) is 12.8 Å². The molecule has 0 aromatic carbocycles. The van der Waals surface area contributed by atoms with Gasteiger partial charge in [0.15, 0.2) is 0 Å². The van der Waals surface area contributed by atoms with Crippen LogP contribution in [0.25, 0.3) is 0 Å². The van der Waals surface area contributed by atoms with Gasteiger partial charge in [0.2, 0.25) is 0 Å². The van der Waals surface area contributed by atoms with Crippen molar-refractivity contribution < 1.29 is 5.11 Å². The van der Waals surface area contributed by atoms with Crippen LogP contribution in [0.4, 0.5) is 0 Å². The Morgan fingerprint density at radius 1 is 1.00 bits per heavy atom. The second-order valence-electron chi connectivity index (χ2n) is 5.08. The molecule has 2 N–H and O–H groups in total. The summed E-state index contributed by atoms with van der Waals surface area (Å²) in [4.78, 5) is 0. The van der Waals surface area contributed by atoms with Crippen molar-refractivity contribution in [2.24, 2.45) is 5.92 Å². The molecule has 0 radical (unpaired) electrons. The van der Waals surface area contributed by atoms with Crippen LogP contribution in [0.15, 0.2) is 0 Å². The lowest BCUT2D eigenvalue weighted by Crippen LogP contribution is -2.38. The van der Waals surface area contributed by atoms with Gasteiger partial charge < -0.3 is 10.4 Å². The highest BCUT2D eigenvalue weighted by Gasteiger charge is 2.21. The lowest BCUT2D eigenvalue weighted by atomic mass is 9.92. The van der Waals surface area contributed by atoms with Crippen LogP contribution in [0.3, 0.4) is 0 Å². The first kappa shape index (κ1) is 10.4. The molecule has 82 valence electrons. The van der Waals surface area contributed by atoms with E-state index in [1.165, 1.54) is 45.1 Å². The largest absolute Gasteiger partial charge is 0.393 e. The summed E-state index contributed by atoms with van der Waals surface area (Å²) >= 11 is 0. The van der Waals surface area contributed by atoms with Gasteiger partial charge in [-0.15, -0.1) is 0 Å².